The first-order valence-corrected chi connectivity index (χ1v) is 11.1. The topological polar surface area (TPSA) is 35.9 Å². The second kappa shape index (κ2) is 8.33. The first-order valence-electron chi connectivity index (χ1n) is 11.1. The first kappa shape index (κ1) is 20.2. The number of likely N-dealkylation sites (N-methyl/N-ethyl adjacent to an activating group) is 1. The first-order chi connectivity index (χ1) is 13.4. The maximum absolute atomic E-state index is 9.93. The fraction of sp³-hybridized carbons (Fsp3) is 0.750. The van der Waals surface area contributed by atoms with Gasteiger partial charge in [0.05, 0.1) is 0 Å². The second-order valence-electron chi connectivity index (χ2n) is 10.5. The molecule has 1 atom stereocenters. The summed E-state index contributed by atoms with van der Waals surface area (Å²) in [6.07, 6.45) is 8.54. The lowest BCUT2D eigenvalue weighted by Crippen LogP contribution is -2.50. The van der Waals surface area contributed by atoms with Gasteiger partial charge in [0.15, 0.2) is 0 Å². The van der Waals surface area contributed by atoms with Crippen LogP contribution in [0.2, 0.25) is 0 Å². The minimum atomic E-state index is -0.457. The average molecular weight is 387 g/mol. The highest BCUT2D eigenvalue weighted by atomic mass is 16.5. The van der Waals surface area contributed by atoms with E-state index >= 15 is 0 Å². The Labute approximate surface area is 170 Å². The van der Waals surface area contributed by atoms with Gasteiger partial charge in [-0.1, -0.05) is 12.1 Å². The number of hydrogen-bond donors (Lipinski definition) is 1. The van der Waals surface area contributed by atoms with Gasteiger partial charge in [-0.3, -0.25) is 0 Å². The van der Waals surface area contributed by atoms with Gasteiger partial charge in [0.2, 0.25) is 0 Å². The SMILES string of the molecule is CN(C)CC(O)COc1ccc(CN(C)CC23CC4CC(CC(C4)C2)C3)cc1. The number of aliphatic hydroxyl groups is 1. The Bertz CT molecular complexity index is 607. The van der Waals surface area contributed by atoms with Crippen LogP contribution in [0.25, 0.3) is 0 Å². The molecule has 4 aliphatic carbocycles. The van der Waals surface area contributed by atoms with Crippen molar-refractivity contribution in [3.63, 3.8) is 0 Å². The molecule has 4 heteroatoms. The van der Waals surface area contributed by atoms with Crippen molar-refractivity contribution in [1.29, 1.82) is 0 Å². The molecule has 4 aliphatic rings. The lowest BCUT2D eigenvalue weighted by atomic mass is 9.49. The molecule has 28 heavy (non-hydrogen) atoms. The van der Waals surface area contributed by atoms with Crippen LogP contribution in [0.4, 0.5) is 0 Å². The third-order valence-corrected chi connectivity index (χ3v) is 7.16. The molecule has 5 rings (SSSR count). The molecule has 1 aromatic carbocycles. The molecule has 0 heterocycles. The summed E-state index contributed by atoms with van der Waals surface area (Å²) in [7, 11) is 6.20. The van der Waals surface area contributed by atoms with Gasteiger partial charge in [-0.25, -0.2) is 0 Å². The summed E-state index contributed by atoms with van der Waals surface area (Å²) in [4.78, 5) is 4.51. The van der Waals surface area contributed by atoms with Gasteiger partial charge in [-0.05, 0) is 101 Å². The molecule has 0 amide bonds. The molecular formula is C24H38N2O2. The van der Waals surface area contributed by atoms with Crippen LogP contribution in [-0.2, 0) is 6.54 Å². The molecule has 0 saturated heterocycles. The van der Waals surface area contributed by atoms with Crippen LogP contribution in [0.3, 0.4) is 0 Å². The summed E-state index contributed by atoms with van der Waals surface area (Å²) in [5.74, 6) is 3.92. The summed E-state index contributed by atoms with van der Waals surface area (Å²) in [5.41, 5.74) is 1.95. The van der Waals surface area contributed by atoms with E-state index in [1.165, 1.54) is 50.6 Å². The monoisotopic (exact) mass is 386 g/mol. The van der Waals surface area contributed by atoms with Crippen LogP contribution >= 0.6 is 0 Å². The van der Waals surface area contributed by atoms with Crippen LogP contribution in [-0.4, -0.2) is 61.8 Å². The van der Waals surface area contributed by atoms with E-state index in [0.717, 1.165) is 30.0 Å². The zero-order chi connectivity index (χ0) is 19.7. The molecule has 0 radical (unpaired) electrons. The Hall–Kier alpha value is -1.10. The Morgan fingerprint density at radius 1 is 1.00 bits per heavy atom. The molecule has 4 bridgehead atoms. The Balaban J connectivity index is 1.26. The van der Waals surface area contributed by atoms with Crippen molar-refractivity contribution < 1.29 is 9.84 Å². The largest absolute Gasteiger partial charge is 0.491 e. The van der Waals surface area contributed by atoms with Crippen molar-refractivity contribution >= 4 is 0 Å². The number of rotatable bonds is 9. The van der Waals surface area contributed by atoms with E-state index in [2.05, 4.69) is 24.1 Å². The Kier molecular flexibility index (Phi) is 6.01. The van der Waals surface area contributed by atoms with Crippen LogP contribution in [0.15, 0.2) is 24.3 Å². The summed E-state index contributed by atoms with van der Waals surface area (Å²) in [6, 6.07) is 8.42. The van der Waals surface area contributed by atoms with Crippen LogP contribution in [0.1, 0.15) is 44.1 Å². The zero-order valence-corrected chi connectivity index (χ0v) is 17.9. The fourth-order valence-electron chi connectivity index (χ4n) is 6.78. The minimum absolute atomic E-state index is 0.337. The van der Waals surface area contributed by atoms with Crippen molar-refractivity contribution in [2.75, 3.05) is 40.8 Å². The molecule has 1 aromatic rings. The molecular weight excluding hydrogens is 348 g/mol. The molecule has 4 nitrogen and oxygen atoms in total. The van der Waals surface area contributed by atoms with Crippen LogP contribution in [0, 0.1) is 23.2 Å². The lowest BCUT2D eigenvalue weighted by molar-refractivity contribution is -0.0670. The van der Waals surface area contributed by atoms with Gasteiger partial charge in [0, 0.05) is 19.6 Å². The van der Waals surface area contributed by atoms with Crippen LogP contribution in [0.5, 0.6) is 5.75 Å². The van der Waals surface area contributed by atoms with Gasteiger partial charge in [0.1, 0.15) is 18.5 Å². The van der Waals surface area contributed by atoms with Gasteiger partial charge in [-0.2, -0.15) is 0 Å². The van der Waals surface area contributed by atoms with Gasteiger partial charge >= 0.3 is 0 Å². The zero-order valence-electron chi connectivity index (χ0n) is 17.9. The van der Waals surface area contributed by atoms with Gasteiger partial charge in [-0.15, -0.1) is 0 Å². The van der Waals surface area contributed by atoms with Crippen molar-refractivity contribution in [2.24, 2.45) is 23.2 Å². The molecule has 156 valence electrons. The standard InChI is InChI=1S/C24H38N2O2/c1-25(2)15-22(27)16-28-23-6-4-18(5-7-23)14-26(3)17-24-11-19-8-20(12-24)10-21(9-19)13-24/h4-7,19-22,27H,8-17H2,1-3H3. The molecule has 1 N–H and O–H groups in total. The normalized spacial score (nSPS) is 32.3. The van der Waals surface area contributed by atoms with E-state index in [0.29, 0.717) is 18.6 Å². The predicted molar refractivity (Wildman–Crippen MR) is 113 cm³/mol. The average Bonchev–Trinajstić information content (AvgIpc) is 2.58. The number of aliphatic hydroxyl groups excluding tert-OH is 1. The molecule has 0 aliphatic heterocycles. The van der Waals surface area contributed by atoms with Gasteiger partial charge in [0.25, 0.3) is 0 Å². The molecule has 4 saturated carbocycles. The fourth-order valence-corrected chi connectivity index (χ4v) is 6.78. The van der Waals surface area contributed by atoms with Crippen molar-refractivity contribution in [3.05, 3.63) is 29.8 Å². The third kappa shape index (κ3) is 4.90. The quantitative estimate of drug-likeness (QED) is 0.703. The Morgan fingerprint density at radius 3 is 2.11 bits per heavy atom. The van der Waals surface area contributed by atoms with Gasteiger partial charge < -0.3 is 19.6 Å². The summed E-state index contributed by atoms with van der Waals surface area (Å²) >= 11 is 0. The number of ether oxygens (including phenoxy) is 1. The van der Waals surface area contributed by atoms with E-state index in [1.807, 2.05) is 31.1 Å². The summed E-state index contributed by atoms with van der Waals surface area (Å²) < 4.78 is 5.73. The minimum Gasteiger partial charge on any atom is -0.491 e. The molecule has 0 aromatic heterocycles. The smallest absolute Gasteiger partial charge is 0.119 e. The van der Waals surface area contributed by atoms with E-state index in [4.69, 9.17) is 4.74 Å². The van der Waals surface area contributed by atoms with E-state index in [-0.39, 0.29) is 0 Å². The van der Waals surface area contributed by atoms with Crippen molar-refractivity contribution in [3.8, 4) is 5.75 Å². The lowest BCUT2D eigenvalue weighted by Gasteiger charge is -2.57. The maximum atomic E-state index is 9.93. The van der Waals surface area contributed by atoms with E-state index < -0.39 is 6.10 Å². The Morgan fingerprint density at radius 2 is 1.57 bits per heavy atom. The van der Waals surface area contributed by atoms with Crippen molar-refractivity contribution in [2.45, 2.75) is 51.2 Å². The third-order valence-electron chi connectivity index (χ3n) is 7.16. The number of benzene rings is 1. The number of hydrogen-bond acceptors (Lipinski definition) is 4. The molecule has 0 spiro atoms. The number of nitrogens with zero attached hydrogens (tertiary/aromatic N) is 2. The van der Waals surface area contributed by atoms with Crippen LogP contribution < -0.4 is 4.74 Å². The van der Waals surface area contributed by atoms with Crippen molar-refractivity contribution in [1.82, 2.24) is 9.80 Å². The molecule has 1 unspecified atom stereocenters. The maximum Gasteiger partial charge on any atom is 0.119 e. The highest BCUT2D eigenvalue weighted by Crippen LogP contribution is 2.60. The highest BCUT2D eigenvalue weighted by Gasteiger charge is 2.50. The molecule has 4 fully saturated rings. The summed E-state index contributed by atoms with van der Waals surface area (Å²) in [6.45, 7) is 3.22. The predicted octanol–water partition coefficient (Wildman–Crippen LogP) is 3.64. The highest BCUT2D eigenvalue weighted by molar-refractivity contribution is 5.27. The van der Waals surface area contributed by atoms with E-state index in [9.17, 15) is 5.11 Å². The summed E-state index contributed by atoms with van der Waals surface area (Å²) in [5, 5.41) is 9.93. The van der Waals surface area contributed by atoms with E-state index in [1.54, 1.807) is 0 Å². The second-order valence-corrected chi connectivity index (χ2v) is 10.5.